The Balaban J connectivity index is 1.99. The Bertz CT molecular complexity index is 958. The highest BCUT2D eigenvalue weighted by molar-refractivity contribution is 7.89. The molecule has 0 saturated heterocycles. The Kier molecular flexibility index (Phi) is 8.14. The van der Waals surface area contributed by atoms with Crippen LogP contribution in [0.15, 0.2) is 59.5 Å². The molecule has 2 aromatic carbocycles. The van der Waals surface area contributed by atoms with Gasteiger partial charge in [-0.1, -0.05) is 42.5 Å². The standard InChI is InChI=1S/C22H29N3O4S/c1-16(2)25(4)30(28,29)20-12-10-18(11-13-20)15-23-22(27)14-21(24-17(3)26)19-8-6-5-7-9-19/h5-13,16,21H,14-15H2,1-4H3,(H,23,27)(H,24,26). The van der Waals surface area contributed by atoms with Crippen LogP contribution in [0.25, 0.3) is 0 Å². The van der Waals surface area contributed by atoms with E-state index < -0.39 is 16.1 Å². The molecule has 7 nitrogen and oxygen atoms in total. The van der Waals surface area contributed by atoms with Gasteiger partial charge in [0.2, 0.25) is 21.8 Å². The number of rotatable bonds is 9. The summed E-state index contributed by atoms with van der Waals surface area (Å²) in [5.41, 5.74) is 1.64. The molecule has 1 atom stereocenters. The van der Waals surface area contributed by atoms with Crippen molar-refractivity contribution in [1.82, 2.24) is 14.9 Å². The van der Waals surface area contributed by atoms with E-state index in [4.69, 9.17) is 0 Å². The van der Waals surface area contributed by atoms with Gasteiger partial charge in [0.05, 0.1) is 17.4 Å². The molecule has 30 heavy (non-hydrogen) atoms. The Labute approximate surface area is 178 Å². The number of amides is 2. The third-order valence-corrected chi connectivity index (χ3v) is 6.83. The third-order valence-electron chi connectivity index (χ3n) is 4.79. The molecule has 2 amide bonds. The second-order valence-electron chi connectivity index (χ2n) is 7.40. The first-order valence-corrected chi connectivity index (χ1v) is 11.2. The van der Waals surface area contributed by atoms with Crippen molar-refractivity contribution < 1.29 is 18.0 Å². The molecule has 0 bridgehead atoms. The SMILES string of the molecule is CC(=O)NC(CC(=O)NCc1ccc(S(=O)(=O)N(C)C(C)C)cc1)c1ccccc1. The van der Waals surface area contributed by atoms with Crippen molar-refractivity contribution in [3.05, 3.63) is 65.7 Å². The van der Waals surface area contributed by atoms with Crippen LogP contribution in [0.5, 0.6) is 0 Å². The largest absolute Gasteiger partial charge is 0.352 e. The summed E-state index contributed by atoms with van der Waals surface area (Å²) >= 11 is 0. The van der Waals surface area contributed by atoms with Crippen molar-refractivity contribution in [2.75, 3.05) is 7.05 Å². The van der Waals surface area contributed by atoms with Gasteiger partial charge in [-0.15, -0.1) is 0 Å². The number of carbonyl (C=O) groups excluding carboxylic acids is 2. The summed E-state index contributed by atoms with van der Waals surface area (Å²) in [5.74, 6) is -0.423. The second kappa shape index (κ2) is 10.4. The number of benzene rings is 2. The lowest BCUT2D eigenvalue weighted by Gasteiger charge is -2.21. The number of sulfonamides is 1. The predicted octanol–water partition coefficient (Wildman–Crippen LogP) is 2.60. The first kappa shape index (κ1) is 23.6. The summed E-state index contributed by atoms with van der Waals surface area (Å²) in [6, 6.07) is 15.2. The van der Waals surface area contributed by atoms with E-state index in [9.17, 15) is 18.0 Å². The van der Waals surface area contributed by atoms with Crippen molar-refractivity contribution in [3.63, 3.8) is 0 Å². The van der Waals surface area contributed by atoms with Crippen LogP contribution < -0.4 is 10.6 Å². The van der Waals surface area contributed by atoms with Crippen LogP contribution >= 0.6 is 0 Å². The molecular formula is C22H29N3O4S. The highest BCUT2D eigenvalue weighted by atomic mass is 32.2. The van der Waals surface area contributed by atoms with Gasteiger partial charge in [0.25, 0.3) is 0 Å². The van der Waals surface area contributed by atoms with Gasteiger partial charge in [-0.05, 0) is 37.1 Å². The molecule has 0 fully saturated rings. The monoisotopic (exact) mass is 431 g/mol. The Hall–Kier alpha value is -2.71. The summed E-state index contributed by atoms with van der Waals surface area (Å²) in [6.07, 6.45) is 0.106. The number of nitrogens with one attached hydrogen (secondary N) is 2. The fourth-order valence-corrected chi connectivity index (χ4v) is 4.23. The van der Waals surface area contributed by atoms with E-state index in [0.29, 0.717) is 0 Å². The van der Waals surface area contributed by atoms with Crippen LogP contribution in [0.4, 0.5) is 0 Å². The molecule has 0 aromatic heterocycles. The van der Waals surface area contributed by atoms with Crippen LogP contribution in [0.2, 0.25) is 0 Å². The minimum atomic E-state index is -3.54. The van der Waals surface area contributed by atoms with Gasteiger partial charge >= 0.3 is 0 Å². The average molecular weight is 432 g/mol. The molecule has 0 aliphatic rings. The molecule has 0 aliphatic heterocycles. The van der Waals surface area contributed by atoms with Crippen LogP contribution in [-0.2, 0) is 26.2 Å². The smallest absolute Gasteiger partial charge is 0.243 e. The highest BCUT2D eigenvalue weighted by Gasteiger charge is 2.23. The predicted molar refractivity (Wildman–Crippen MR) is 116 cm³/mol. The lowest BCUT2D eigenvalue weighted by Crippen LogP contribution is -2.33. The van der Waals surface area contributed by atoms with Gasteiger partial charge in [0, 0.05) is 26.6 Å². The molecule has 2 aromatic rings. The Morgan fingerprint density at radius 3 is 2.13 bits per heavy atom. The summed E-state index contributed by atoms with van der Waals surface area (Å²) in [6.45, 7) is 5.30. The molecule has 0 radical (unpaired) electrons. The van der Waals surface area contributed by atoms with Crippen molar-refractivity contribution in [1.29, 1.82) is 0 Å². The first-order chi connectivity index (χ1) is 14.1. The van der Waals surface area contributed by atoms with E-state index in [1.165, 1.54) is 11.2 Å². The average Bonchev–Trinajstić information content (AvgIpc) is 2.71. The van der Waals surface area contributed by atoms with Crippen molar-refractivity contribution in [3.8, 4) is 0 Å². The number of hydrogen-bond donors (Lipinski definition) is 2. The van der Waals surface area contributed by atoms with Crippen LogP contribution in [0, 0.1) is 0 Å². The zero-order chi connectivity index (χ0) is 22.3. The van der Waals surface area contributed by atoms with E-state index in [1.807, 2.05) is 44.2 Å². The zero-order valence-electron chi connectivity index (χ0n) is 17.8. The summed E-state index contributed by atoms with van der Waals surface area (Å²) in [5, 5.41) is 5.62. The minimum Gasteiger partial charge on any atom is -0.352 e. The van der Waals surface area contributed by atoms with Gasteiger partial charge in [-0.2, -0.15) is 4.31 Å². The fourth-order valence-electron chi connectivity index (χ4n) is 2.86. The van der Waals surface area contributed by atoms with Crippen LogP contribution in [0.1, 0.15) is 44.4 Å². The fraction of sp³-hybridized carbons (Fsp3) is 0.364. The normalized spacial score (nSPS) is 12.6. The van der Waals surface area contributed by atoms with E-state index in [0.717, 1.165) is 11.1 Å². The molecule has 2 N–H and O–H groups in total. The Morgan fingerprint density at radius 1 is 1.00 bits per heavy atom. The number of hydrogen-bond acceptors (Lipinski definition) is 4. The van der Waals surface area contributed by atoms with Crippen molar-refractivity contribution in [2.24, 2.45) is 0 Å². The van der Waals surface area contributed by atoms with E-state index in [1.54, 1.807) is 31.3 Å². The number of carbonyl (C=O) groups is 2. The summed E-state index contributed by atoms with van der Waals surface area (Å²) in [7, 11) is -1.99. The molecule has 0 spiro atoms. The maximum absolute atomic E-state index is 12.5. The lowest BCUT2D eigenvalue weighted by molar-refractivity contribution is -0.122. The molecule has 2 rings (SSSR count). The molecule has 8 heteroatoms. The van der Waals surface area contributed by atoms with Gasteiger partial charge < -0.3 is 10.6 Å². The van der Waals surface area contributed by atoms with Crippen molar-refractivity contribution >= 4 is 21.8 Å². The maximum atomic E-state index is 12.5. The van der Waals surface area contributed by atoms with Gasteiger partial charge in [0.1, 0.15) is 0 Å². The topological polar surface area (TPSA) is 95.6 Å². The first-order valence-electron chi connectivity index (χ1n) is 9.77. The lowest BCUT2D eigenvalue weighted by atomic mass is 10.0. The van der Waals surface area contributed by atoms with Crippen LogP contribution in [0.3, 0.4) is 0 Å². The minimum absolute atomic E-state index is 0.106. The maximum Gasteiger partial charge on any atom is 0.243 e. The molecule has 0 saturated carbocycles. The highest BCUT2D eigenvalue weighted by Crippen LogP contribution is 2.18. The Morgan fingerprint density at radius 2 is 1.60 bits per heavy atom. The van der Waals surface area contributed by atoms with Crippen molar-refractivity contribution in [2.45, 2.75) is 50.7 Å². The van der Waals surface area contributed by atoms with Gasteiger partial charge in [-0.3, -0.25) is 9.59 Å². The molecular weight excluding hydrogens is 402 g/mol. The summed E-state index contributed by atoms with van der Waals surface area (Å²) in [4.78, 5) is 24.1. The van der Waals surface area contributed by atoms with Crippen LogP contribution in [-0.4, -0.2) is 37.6 Å². The quantitative estimate of drug-likeness (QED) is 0.638. The summed E-state index contributed by atoms with van der Waals surface area (Å²) < 4.78 is 26.3. The van der Waals surface area contributed by atoms with E-state index in [2.05, 4.69) is 10.6 Å². The molecule has 0 aliphatic carbocycles. The number of nitrogens with zero attached hydrogens (tertiary/aromatic N) is 1. The molecule has 0 heterocycles. The molecule has 1 unspecified atom stereocenters. The van der Waals surface area contributed by atoms with Gasteiger partial charge in [0.15, 0.2) is 0 Å². The van der Waals surface area contributed by atoms with Gasteiger partial charge in [-0.25, -0.2) is 8.42 Å². The van der Waals surface area contributed by atoms with E-state index in [-0.39, 0.29) is 35.7 Å². The second-order valence-corrected chi connectivity index (χ2v) is 9.40. The third kappa shape index (κ3) is 6.40. The zero-order valence-corrected chi connectivity index (χ0v) is 18.6. The molecule has 162 valence electrons. The van der Waals surface area contributed by atoms with E-state index >= 15 is 0 Å².